The number of amides is 1. The van der Waals surface area contributed by atoms with Crippen molar-refractivity contribution in [1.82, 2.24) is 24.9 Å². The lowest BCUT2D eigenvalue weighted by Crippen LogP contribution is -2.24. The lowest BCUT2D eigenvalue weighted by Gasteiger charge is -2.06. The molecular weight excluding hydrogens is 386 g/mol. The Morgan fingerprint density at radius 2 is 2.04 bits per heavy atom. The van der Waals surface area contributed by atoms with Gasteiger partial charge in [-0.15, -0.1) is 0 Å². The van der Waals surface area contributed by atoms with Gasteiger partial charge in [0.2, 0.25) is 0 Å². The molecule has 2 aromatic heterocycles. The van der Waals surface area contributed by atoms with E-state index in [-0.39, 0.29) is 12.6 Å². The topological polar surface area (TPSA) is 74.0 Å². The molecule has 1 amide bonds. The monoisotopic (exact) mass is 403 g/mol. The smallest absolute Gasteiger partial charge is 0.272 e. The lowest BCUT2D eigenvalue weighted by atomic mass is 10.2. The number of nitrogens with zero attached hydrogens (tertiary/aromatic N) is 4. The van der Waals surface area contributed by atoms with Crippen LogP contribution in [0.2, 0.25) is 0 Å². The molecule has 0 spiro atoms. The first-order valence-electron chi connectivity index (χ1n) is 7.70. The van der Waals surface area contributed by atoms with Crippen molar-refractivity contribution in [2.45, 2.75) is 20.2 Å². The highest BCUT2D eigenvalue weighted by molar-refractivity contribution is 9.10. The van der Waals surface area contributed by atoms with Crippen LogP contribution in [0.25, 0.3) is 0 Å². The van der Waals surface area contributed by atoms with Gasteiger partial charge in [-0.25, -0.2) is 4.68 Å². The Bertz CT molecular complexity index is 870. The summed E-state index contributed by atoms with van der Waals surface area (Å²) in [6, 6.07) is 9.18. The van der Waals surface area contributed by atoms with Crippen molar-refractivity contribution in [1.29, 1.82) is 0 Å². The van der Waals surface area contributed by atoms with Crippen LogP contribution in [0.15, 0.2) is 47.2 Å². The average molecular weight is 404 g/mol. The summed E-state index contributed by atoms with van der Waals surface area (Å²) in [5.74, 6) is 0.502. The van der Waals surface area contributed by atoms with Crippen molar-refractivity contribution in [2.75, 3.05) is 0 Å². The number of rotatable bonds is 6. The fraction of sp³-hybridized carbons (Fsp3) is 0.235. The first-order chi connectivity index (χ1) is 12.0. The van der Waals surface area contributed by atoms with E-state index >= 15 is 0 Å². The Balaban J connectivity index is 1.54. The van der Waals surface area contributed by atoms with Gasteiger partial charge in [-0.05, 0) is 37.3 Å². The van der Waals surface area contributed by atoms with Crippen LogP contribution in [-0.4, -0.2) is 25.5 Å². The van der Waals surface area contributed by atoms with Gasteiger partial charge in [0.05, 0.1) is 6.20 Å². The highest BCUT2D eigenvalue weighted by atomic mass is 79.9. The van der Waals surface area contributed by atoms with Crippen LogP contribution in [0.1, 0.15) is 21.7 Å². The summed E-state index contributed by atoms with van der Waals surface area (Å²) >= 11 is 3.38. The zero-order valence-corrected chi connectivity index (χ0v) is 15.5. The molecule has 0 aliphatic rings. The third kappa shape index (κ3) is 4.27. The third-order valence-electron chi connectivity index (χ3n) is 3.83. The van der Waals surface area contributed by atoms with E-state index in [2.05, 4.69) is 31.4 Å². The van der Waals surface area contributed by atoms with Gasteiger partial charge in [0.1, 0.15) is 11.4 Å². The molecule has 25 heavy (non-hydrogen) atoms. The van der Waals surface area contributed by atoms with Crippen LogP contribution < -0.4 is 10.1 Å². The van der Waals surface area contributed by atoms with Crippen molar-refractivity contribution < 1.29 is 9.53 Å². The van der Waals surface area contributed by atoms with E-state index in [9.17, 15) is 4.79 Å². The molecule has 0 bridgehead atoms. The Kier molecular flexibility index (Phi) is 5.18. The van der Waals surface area contributed by atoms with E-state index in [1.807, 2.05) is 38.2 Å². The minimum atomic E-state index is -0.231. The summed E-state index contributed by atoms with van der Waals surface area (Å²) in [5.41, 5.74) is 2.35. The molecule has 0 saturated heterocycles. The van der Waals surface area contributed by atoms with Crippen LogP contribution in [0.5, 0.6) is 5.75 Å². The van der Waals surface area contributed by atoms with Crippen molar-refractivity contribution >= 4 is 21.8 Å². The van der Waals surface area contributed by atoms with E-state index in [1.54, 1.807) is 27.8 Å². The second-order valence-electron chi connectivity index (χ2n) is 5.53. The number of aromatic nitrogens is 4. The quantitative estimate of drug-likeness (QED) is 0.686. The zero-order valence-electron chi connectivity index (χ0n) is 13.9. The summed E-state index contributed by atoms with van der Waals surface area (Å²) in [7, 11) is 1.87. The van der Waals surface area contributed by atoms with E-state index < -0.39 is 0 Å². The molecular formula is C17H18BrN5O2. The molecule has 0 unspecified atom stereocenters. The number of aryl methyl sites for hydroxylation is 1. The van der Waals surface area contributed by atoms with E-state index in [1.165, 1.54) is 0 Å². The van der Waals surface area contributed by atoms with Crippen molar-refractivity contribution in [3.05, 3.63) is 64.1 Å². The molecule has 0 radical (unpaired) electrons. The Morgan fingerprint density at radius 3 is 2.72 bits per heavy atom. The van der Waals surface area contributed by atoms with Crippen LogP contribution in [0.4, 0.5) is 0 Å². The number of carbonyl (C=O) groups excluding carboxylic acids is 1. The summed E-state index contributed by atoms with van der Waals surface area (Å²) < 4.78 is 9.96. The second-order valence-corrected chi connectivity index (χ2v) is 6.44. The molecule has 0 atom stereocenters. The van der Waals surface area contributed by atoms with Gasteiger partial charge in [0, 0.05) is 35.5 Å². The van der Waals surface area contributed by atoms with Gasteiger partial charge in [-0.2, -0.15) is 10.2 Å². The van der Waals surface area contributed by atoms with Gasteiger partial charge >= 0.3 is 0 Å². The predicted molar refractivity (Wildman–Crippen MR) is 96.1 cm³/mol. The molecule has 7 nitrogen and oxygen atoms in total. The maximum atomic E-state index is 12.2. The number of benzene rings is 1. The number of hydrogen-bond acceptors (Lipinski definition) is 4. The first-order valence-corrected chi connectivity index (χ1v) is 8.50. The summed E-state index contributed by atoms with van der Waals surface area (Å²) in [5, 5.41) is 11.2. The minimum Gasteiger partial charge on any atom is -0.471 e. The van der Waals surface area contributed by atoms with Crippen LogP contribution in [0.3, 0.4) is 0 Å². The second kappa shape index (κ2) is 7.52. The van der Waals surface area contributed by atoms with E-state index in [4.69, 9.17) is 4.74 Å². The molecule has 0 aliphatic heterocycles. The molecule has 8 heteroatoms. The number of halogens is 1. The predicted octanol–water partition coefficient (Wildman–Crippen LogP) is 2.65. The van der Waals surface area contributed by atoms with Gasteiger partial charge in [0.15, 0.2) is 6.73 Å². The maximum absolute atomic E-state index is 12.2. The molecule has 0 fully saturated rings. The Labute approximate surface area is 153 Å². The standard InChI is InChI=1S/C17H18BrN5O2/c1-12-13(10-20-22(12)2)9-19-17(24)16-7-8-23(21-16)11-25-15-5-3-14(18)4-6-15/h3-8,10H,9,11H2,1-2H3,(H,19,24). The van der Waals surface area contributed by atoms with Crippen molar-refractivity contribution in [2.24, 2.45) is 7.05 Å². The molecule has 0 aliphatic carbocycles. The number of carbonyl (C=O) groups is 1. The van der Waals surface area contributed by atoms with Gasteiger partial charge in [-0.3, -0.25) is 9.48 Å². The fourth-order valence-electron chi connectivity index (χ4n) is 2.21. The zero-order chi connectivity index (χ0) is 17.8. The normalized spacial score (nSPS) is 10.7. The molecule has 1 aromatic carbocycles. The Morgan fingerprint density at radius 1 is 1.28 bits per heavy atom. The van der Waals surface area contributed by atoms with Crippen LogP contribution >= 0.6 is 15.9 Å². The molecule has 1 N–H and O–H groups in total. The van der Waals surface area contributed by atoms with E-state index in [0.29, 0.717) is 12.2 Å². The minimum absolute atomic E-state index is 0.231. The van der Waals surface area contributed by atoms with E-state index in [0.717, 1.165) is 21.5 Å². The lowest BCUT2D eigenvalue weighted by molar-refractivity contribution is 0.0944. The molecule has 2 heterocycles. The number of hydrogen-bond donors (Lipinski definition) is 1. The Hall–Kier alpha value is -2.61. The third-order valence-corrected chi connectivity index (χ3v) is 4.36. The molecule has 3 aromatic rings. The van der Waals surface area contributed by atoms with Crippen molar-refractivity contribution in [3.8, 4) is 5.75 Å². The van der Waals surface area contributed by atoms with Crippen molar-refractivity contribution in [3.63, 3.8) is 0 Å². The maximum Gasteiger partial charge on any atom is 0.272 e. The fourth-order valence-corrected chi connectivity index (χ4v) is 2.47. The van der Waals surface area contributed by atoms with Gasteiger partial charge in [0.25, 0.3) is 5.91 Å². The highest BCUT2D eigenvalue weighted by Gasteiger charge is 2.11. The molecule has 130 valence electrons. The highest BCUT2D eigenvalue weighted by Crippen LogP contribution is 2.16. The number of ether oxygens (including phenoxy) is 1. The SMILES string of the molecule is Cc1c(CNC(=O)c2ccn(COc3ccc(Br)cc3)n2)cnn1C. The first kappa shape index (κ1) is 17.2. The molecule has 3 rings (SSSR count). The summed E-state index contributed by atoms with van der Waals surface area (Å²) in [6.45, 7) is 2.61. The van der Waals surface area contributed by atoms with Crippen LogP contribution in [-0.2, 0) is 20.3 Å². The van der Waals surface area contributed by atoms with Gasteiger partial charge in [-0.1, -0.05) is 15.9 Å². The summed E-state index contributed by atoms with van der Waals surface area (Å²) in [6.07, 6.45) is 3.46. The number of nitrogens with one attached hydrogen (secondary N) is 1. The van der Waals surface area contributed by atoms with Crippen LogP contribution in [0, 0.1) is 6.92 Å². The average Bonchev–Trinajstić information content (AvgIpc) is 3.21. The molecule has 0 saturated carbocycles. The summed E-state index contributed by atoms with van der Waals surface area (Å²) in [4.78, 5) is 12.2. The van der Waals surface area contributed by atoms with Gasteiger partial charge < -0.3 is 10.1 Å². The largest absolute Gasteiger partial charge is 0.471 e.